The number of piperidine rings is 1. The molecule has 4 heterocycles. The Morgan fingerprint density at radius 2 is 2.07 bits per heavy atom. The first kappa shape index (κ1) is 17.9. The van der Waals surface area contributed by atoms with E-state index in [-0.39, 0.29) is 0 Å². The molecule has 2 N–H and O–H groups in total. The third kappa shape index (κ3) is 3.27. The Labute approximate surface area is 169 Å². The van der Waals surface area contributed by atoms with E-state index in [9.17, 15) is 0 Å². The van der Waals surface area contributed by atoms with Crippen LogP contribution in [0, 0.1) is 0 Å². The minimum absolute atomic E-state index is 0.495. The largest absolute Gasteiger partial charge is 0.361 e. The van der Waals surface area contributed by atoms with Crippen molar-refractivity contribution in [1.82, 2.24) is 30.3 Å². The van der Waals surface area contributed by atoms with Gasteiger partial charge >= 0.3 is 0 Å². The van der Waals surface area contributed by atoms with Gasteiger partial charge in [0, 0.05) is 48.7 Å². The zero-order chi connectivity index (χ0) is 19.8. The standard InChI is InChI=1S/C22H25N7/c1-15-14-16(8-11-23-15)28(2)21-7-5-19(26-27-21)17-4-6-20(29-13-3-10-25-29)18-9-12-24-22(17)18/h3-7,9-10,12-13,15-16,23-24H,8,11,14H2,1-2H3/t15-,16+/m1/s1. The van der Waals surface area contributed by atoms with E-state index in [0.717, 1.165) is 53.1 Å². The van der Waals surface area contributed by atoms with Gasteiger partial charge in [0.25, 0.3) is 0 Å². The van der Waals surface area contributed by atoms with Crippen molar-refractivity contribution >= 4 is 16.7 Å². The molecule has 0 unspecified atom stereocenters. The summed E-state index contributed by atoms with van der Waals surface area (Å²) in [6.45, 7) is 3.29. The highest BCUT2D eigenvalue weighted by Crippen LogP contribution is 2.31. The molecule has 7 heteroatoms. The zero-order valence-corrected chi connectivity index (χ0v) is 16.7. The zero-order valence-electron chi connectivity index (χ0n) is 16.7. The molecule has 1 saturated heterocycles. The highest BCUT2D eigenvalue weighted by atomic mass is 15.3. The Kier molecular flexibility index (Phi) is 4.52. The Hall–Kier alpha value is -3.19. The molecule has 5 rings (SSSR count). The van der Waals surface area contributed by atoms with Gasteiger partial charge in [-0.15, -0.1) is 10.2 Å². The summed E-state index contributed by atoms with van der Waals surface area (Å²) in [6.07, 6.45) is 7.94. The van der Waals surface area contributed by atoms with E-state index in [4.69, 9.17) is 0 Å². The molecule has 148 valence electrons. The normalized spacial score (nSPS) is 19.5. The van der Waals surface area contributed by atoms with Crippen molar-refractivity contribution in [1.29, 1.82) is 0 Å². The SMILES string of the molecule is C[C@@H]1C[C@@H](N(C)c2ccc(-c3ccc(-n4cccn4)c4cc[nH]c34)nn2)CCN1. The van der Waals surface area contributed by atoms with E-state index >= 15 is 0 Å². The highest BCUT2D eigenvalue weighted by Gasteiger charge is 2.23. The number of nitrogens with zero attached hydrogens (tertiary/aromatic N) is 5. The summed E-state index contributed by atoms with van der Waals surface area (Å²) in [4.78, 5) is 5.62. The molecule has 29 heavy (non-hydrogen) atoms. The molecule has 4 aromatic rings. The molecule has 7 nitrogen and oxygen atoms in total. The molecule has 2 atom stereocenters. The molecule has 3 aromatic heterocycles. The summed E-state index contributed by atoms with van der Waals surface area (Å²) < 4.78 is 1.88. The molecular formula is C22H25N7. The van der Waals surface area contributed by atoms with Crippen LogP contribution in [0.4, 0.5) is 5.82 Å². The van der Waals surface area contributed by atoms with Crippen LogP contribution in [-0.2, 0) is 0 Å². The van der Waals surface area contributed by atoms with Crippen LogP contribution in [0.5, 0.6) is 0 Å². The third-order valence-electron chi connectivity index (χ3n) is 5.88. The number of H-pyrrole nitrogens is 1. The molecular weight excluding hydrogens is 362 g/mol. The number of benzene rings is 1. The molecule has 1 aliphatic rings. The molecule has 0 radical (unpaired) electrons. The number of hydrogen-bond donors (Lipinski definition) is 2. The van der Waals surface area contributed by atoms with E-state index in [1.54, 1.807) is 6.20 Å². The van der Waals surface area contributed by atoms with Crippen LogP contribution in [0.3, 0.4) is 0 Å². The minimum Gasteiger partial charge on any atom is -0.361 e. The highest BCUT2D eigenvalue weighted by molar-refractivity contribution is 5.98. The van der Waals surface area contributed by atoms with Gasteiger partial charge in [0.2, 0.25) is 0 Å². The summed E-state index contributed by atoms with van der Waals surface area (Å²) in [5.74, 6) is 0.920. The number of aromatic nitrogens is 5. The summed E-state index contributed by atoms with van der Waals surface area (Å²) in [6, 6.07) is 13.3. The van der Waals surface area contributed by atoms with Gasteiger partial charge in [-0.25, -0.2) is 4.68 Å². The number of nitrogens with one attached hydrogen (secondary N) is 2. The average Bonchev–Trinajstić information content (AvgIpc) is 3.45. The van der Waals surface area contributed by atoms with Crippen molar-refractivity contribution in [3.05, 3.63) is 55.0 Å². The van der Waals surface area contributed by atoms with E-state index in [1.165, 1.54) is 0 Å². The molecule has 0 aliphatic carbocycles. The van der Waals surface area contributed by atoms with Crippen molar-refractivity contribution in [2.75, 3.05) is 18.5 Å². The molecule has 0 amide bonds. The van der Waals surface area contributed by atoms with Gasteiger partial charge in [0.15, 0.2) is 5.82 Å². The van der Waals surface area contributed by atoms with Gasteiger partial charge in [-0.05, 0) is 62.7 Å². The predicted octanol–water partition coefficient (Wildman–Crippen LogP) is 3.39. The second-order valence-electron chi connectivity index (χ2n) is 7.77. The van der Waals surface area contributed by atoms with Crippen LogP contribution in [0.2, 0.25) is 0 Å². The molecule has 0 saturated carbocycles. The first-order valence-electron chi connectivity index (χ1n) is 10.1. The number of anilines is 1. The second-order valence-corrected chi connectivity index (χ2v) is 7.77. The lowest BCUT2D eigenvalue weighted by atomic mass is 9.99. The van der Waals surface area contributed by atoms with Crippen molar-refractivity contribution in [3.8, 4) is 16.9 Å². The lowest BCUT2D eigenvalue weighted by Gasteiger charge is -2.35. The van der Waals surface area contributed by atoms with E-state index in [0.29, 0.717) is 12.1 Å². The van der Waals surface area contributed by atoms with Crippen molar-refractivity contribution in [2.45, 2.75) is 31.8 Å². The Bertz CT molecular complexity index is 1100. The topological polar surface area (TPSA) is 74.7 Å². The first-order chi connectivity index (χ1) is 14.2. The minimum atomic E-state index is 0.495. The maximum Gasteiger partial charge on any atom is 0.151 e. The summed E-state index contributed by atoms with van der Waals surface area (Å²) in [5.41, 5.74) is 3.98. The number of aromatic amines is 1. The number of rotatable bonds is 4. The smallest absolute Gasteiger partial charge is 0.151 e. The number of fused-ring (bicyclic) bond motifs is 1. The van der Waals surface area contributed by atoms with Gasteiger partial charge < -0.3 is 15.2 Å². The quantitative estimate of drug-likeness (QED) is 0.561. The van der Waals surface area contributed by atoms with Crippen LogP contribution < -0.4 is 10.2 Å². The fourth-order valence-electron chi connectivity index (χ4n) is 4.27. The number of hydrogen-bond acceptors (Lipinski definition) is 5. The molecule has 0 bridgehead atoms. The first-order valence-corrected chi connectivity index (χ1v) is 10.1. The van der Waals surface area contributed by atoms with E-state index < -0.39 is 0 Å². The summed E-state index contributed by atoms with van der Waals surface area (Å²) in [7, 11) is 2.12. The fraction of sp³-hybridized carbons (Fsp3) is 0.318. The Morgan fingerprint density at radius 1 is 1.14 bits per heavy atom. The fourth-order valence-corrected chi connectivity index (χ4v) is 4.27. The Balaban J connectivity index is 1.45. The third-order valence-corrected chi connectivity index (χ3v) is 5.88. The van der Waals surface area contributed by atoms with E-state index in [2.05, 4.69) is 74.8 Å². The predicted molar refractivity (Wildman–Crippen MR) is 115 cm³/mol. The molecule has 1 aliphatic heterocycles. The molecule has 1 aromatic carbocycles. The van der Waals surface area contributed by atoms with Crippen LogP contribution in [-0.4, -0.2) is 50.6 Å². The summed E-state index contributed by atoms with van der Waals surface area (Å²) >= 11 is 0. The van der Waals surface area contributed by atoms with Crippen molar-refractivity contribution in [2.24, 2.45) is 0 Å². The molecule has 1 fully saturated rings. The van der Waals surface area contributed by atoms with Crippen molar-refractivity contribution < 1.29 is 0 Å². The van der Waals surface area contributed by atoms with Gasteiger partial charge in [-0.3, -0.25) is 0 Å². The van der Waals surface area contributed by atoms with Gasteiger partial charge in [-0.1, -0.05) is 0 Å². The summed E-state index contributed by atoms with van der Waals surface area (Å²) in [5, 5.41) is 18.1. The van der Waals surface area contributed by atoms with Crippen LogP contribution in [0.1, 0.15) is 19.8 Å². The van der Waals surface area contributed by atoms with Crippen LogP contribution in [0.15, 0.2) is 55.0 Å². The van der Waals surface area contributed by atoms with Crippen molar-refractivity contribution in [3.63, 3.8) is 0 Å². The van der Waals surface area contributed by atoms with Gasteiger partial charge in [0.05, 0.1) is 16.9 Å². The monoisotopic (exact) mass is 387 g/mol. The second kappa shape index (κ2) is 7.33. The van der Waals surface area contributed by atoms with Crippen LogP contribution in [0.25, 0.3) is 27.8 Å². The Morgan fingerprint density at radius 3 is 2.83 bits per heavy atom. The van der Waals surface area contributed by atoms with Gasteiger partial charge in [0.1, 0.15) is 0 Å². The lowest BCUT2D eigenvalue weighted by Crippen LogP contribution is -2.45. The van der Waals surface area contributed by atoms with E-state index in [1.807, 2.05) is 23.1 Å². The lowest BCUT2D eigenvalue weighted by molar-refractivity contribution is 0.370. The molecule has 0 spiro atoms. The van der Waals surface area contributed by atoms with Gasteiger partial charge in [-0.2, -0.15) is 5.10 Å². The van der Waals surface area contributed by atoms with Crippen LogP contribution >= 0.6 is 0 Å². The average molecular weight is 387 g/mol. The maximum absolute atomic E-state index is 4.56. The maximum atomic E-state index is 4.56.